The van der Waals surface area contributed by atoms with Crippen LogP contribution in [0, 0.1) is 5.92 Å². The summed E-state index contributed by atoms with van der Waals surface area (Å²) in [5.74, 6) is 0.818. The highest BCUT2D eigenvalue weighted by atomic mass is 16.3. The highest BCUT2D eigenvalue weighted by Crippen LogP contribution is 2.33. The molecular formula is C12H16O. The van der Waals surface area contributed by atoms with Crippen molar-refractivity contribution in [2.75, 3.05) is 0 Å². The number of aliphatic hydroxyl groups excluding tert-OH is 1. The second kappa shape index (κ2) is 3.93. The Morgan fingerprint density at radius 1 is 1.23 bits per heavy atom. The molecule has 1 fully saturated rings. The first-order valence-corrected chi connectivity index (χ1v) is 5.06. The van der Waals surface area contributed by atoms with Gasteiger partial charge in [0, 0.05) is 0 Å². The molecule has 0 bridgehead atoms. The van der Waals surface area contributed by atoms with Gasteiger partial charge in [-0.25, -0.2) is 0 Å². The van der Waals surface area contributed by atoms with Gasteiger partial charge in [-0.2, -0.15) is 0 Å². The Kier molecular flexibility index (Phi) is 2.65. The van der Waals surface area contributed by atoms with Crippen LogP contribution in [0.15, 0.2) is 30.3 Å². The Morgan fingerprint density at radius 2 is 1.92 bits per heavy atom. The van der Waals surface area contributed by atoms with Gasteiger partial charge in [0.2, 0.25) is 0 Å². The molecule has 0 amide bonds. The maximum atomic E-state index is 9.71. The van der Waals surface area contributed by atoms with Crippen LogP contribution in [0.5, 0.6) is 0 Å². The minimum absolute atomic E-state index is 0.130. The lowest BCUT2D eigenvalue weighted by Crippen LogP contribution is -2.10. The summed E-state index contributed by atoms with van der Waals surface area (Å²) >= 11 is 0. The van der Waals surface area contributed by atoms with Crippen LogP contribution in [-0.4, -0.2) is 11.2 Å². The molecule has 0 saturated heterocycles. The van der Waals surface area contributed by atoms with Crippen LogP contribution in [0.3, 0.4) is 0 Å². The summed E-state index contributed by atoms with van der Waals surface area (Å²) in [6.07, 6.45) is 4.33. The zero-order valence-corrected chi connectivity index (χ0v) is 7.82. The normalized spacial score (nSPS) is 18.5. The fourth-order valence-electron chi connectivity index (χ4n) is 1.71. The third-order valence-electron chi connectivity index (χ3n) is 2.62. The van der Waals surface area contributed by atoms with E-state index in [0.29, 0.717) is 0 Å². The van der Waals surface area contributed by atoms with Gasteiger partial charge in [-0.05, 0) is 24.3 Å². The Hall–Kier alpha value is -0.820. The molecule has 13 heavy (non-hydrogen) atoms. The average molecular weight is 176 g/mol. The lowest BCUT2D eigenvalue weighted by molar-refractivity contribution is 0.158. The lowest BCUT2D eigenvalue weighted by atomic mass is 10.0. The number of aliphatic hydroxyl groups is 1. The molecule has 1 unspecified atom stereocenters. The first-order valence-electron chi connectivity index (χ1n) is 5.06. The highest BCUT2D eigenvalue weighted by molar-refractivity contribution is 5.15. The van der Waals surface area contributed by atoms with E-state index in [0.717, 1.165) is 18.8 Å². The van der Waals surface area contributed by atoms with Crippen LogP contribution in [-0.2, 0) is 6.42 Å². The Labute approximate surface area is 79.4 Å². The number of rotatable bonds is 4. The van der Waals surface area contributed by atoms with Gasteiger partial charge >= 0.3 is 0 Å². The molecule has 1 atom stereocenters. The summed E-state index contributed by atoms with van der Waals surface area (Å²) in [6.45, 7) is 0. The van der Waals surface area contributed by atoms with Crippen LogP contribution in [0.25, 0.3) is 0 Å². The van der Waals surface area contributed by atoms with Crippen molar-refractivity contribution in [2.24, 2.45) is 5.92 Å². The first-order chi connectivity index (χ1) is 6.34. The molecule has 0 spiro atoms. The molecule has 1 aromatic rings. The summed E-state index contributed by atoms with van der Waals surface area (Å²) in [6, 6.07) is 10.2. The number of hydrogen-bond donors (Lipinski definition) is 1. The summed E-state index contributed by atoms with van der Waals surface area (Å²) in [5.41, 5.74) is 1.25. The van der Waals surface area contributed by atoms with E-state index in [4.69, 9.17) is 0 Å². The van der Waals surface area contributed by atoms with Gasteiger partial charge in [0.05, 0.1) is 6.10 Å². The Bertz CT molecular complexity index is 251. The molecule has 70 valence electrons. The van der Waals surface area contributed by atoms with E-state index in [1.54, 1.807) is 0 Å². The van der Waals surface area contributed by atoms with Crippen molar-refractivity contribution >= 4 is 0 Å². The van der Waals surface area contributed by atoms with E-state index in [1.165, 1.54) is 18.4 Å². The van der Waals surface area contributed by atoms with Crippen LogP contribution in [0.4, 0.5) is 0 Å². The van der Waals surface area contributed by atoms with Gasteiger partial charge in [-0.15, -0.1) is 0 Å². The maximum absolute atomic E-state index is 9.71. The second-order valence-corrected chi connectivity index (χ2v) is 4.02. The van der Waals surface area contributed by atoms with Crippen molar-refractivity contribution in [3.05, 3.63) is 35.9 Å². The topological polar surface area (TPSA) is 20.2 Å². The molecule has 0 heterocycles. The molecule has 1 aliphatic carbocycles. The first kappa shape index (κ1) is 8.76. The van der Waals surface area contributed by atoms with E-state index in [-0.39, 0.29) is 6.10 Å². The van der Waals surface area contributed by atoms with Crippen molar-refractivity contribution in [1.82, 2.24) is 0 Å². The summed E-state index contributed by atoms with van der Waals surface area (Å²) in [4.78, 5) is 0. The van der Waals surface area contributed by atoms with E-state index in [2.05, 4.69) is 12.1 Å². The van der Waals surface area contributed by atoms with E-state index < -0.39 is 0 Å². The monoisotopic (exact) mass is 176 g/mol. The number of benzene rings is 1. The molecule has 0 aliphatic heterocycles. The molecular weight excluding hydrogens is 160 g/mol. The fraction of sp³-hybridized carbons (Fsp3) is 0.500. The summed E-state index contributed by atoms with van der Waals surface area (Å²) < 4.78 is 0. The molecule has 2 rings (SSSR count). The smallest absolute Gasteiger partial charge is 0.0583 e. The standard InChI is InChI=1S/C12H16O/c13-12(9-11-6-7-11)8-10-4-2-1-3-5-10/h1-5,11-13H,6-9H2. The minimum atomic E-state index is -0.130. The van der Waals surface area contributed by atoms with Gasteiger partial charge in [-0.3, -0.25) is 0 Å². The van der Waals surface area contributed by atoms with Gasteiger partial charge in [-0.1, -0.05) is 43.2 Å². The number of hydrogen-bond acceptors (Lipinski definition) is 1. The Balaban J connectivity index is 1.82. The van der Waals surface area contributed by atoms with Crippen LogP contribution < -0.4 is 0 Å². The van der Waals surface area contributed by atoms with Crippen molar-refractivity contribution in [3.63, 3.8) is 0 Å². The zero-order valence-electron chi connectivity index (χ0n) is 7.82. The second-order valence-electron chi connectivity index (χ2n) is 4.02. The molecule has 1 N–H and O–H groups in total. The van der Waals surface area contributed by atoms with Crippen molar-refractivity contribution < 1.29 is 5.11 Å². The molecule has 1 saturated carbocycles. The van der Waals surface area contributed by atoms with E-state index >= 15 is 0 Å². The van der Waals surface area contributed by atoms with Crippen LogP contribution >= 0.6 is 0 Å². The third kappa shape index (κ3) is 2.85. The summed E-state index contributed by atoms with van der Waals surface area (Å²) in [5, 5.41) is 9.71. The quantitative estimate of drug-likeness (QED) is 0.746. The molecule has 1 aliphatic rings. The van der Waals surface area contributed by atoms with Gasteiger partial charge in [0.15, 0.2) is 0 Å². The molecule has 0 aromatic heterocycles. The van der Waals surface area contributed by atoms with E-state index in [1.807, 2.05) is 18.2 Å². The predicted octanol–water partition coefficient (Wildman–Crippen LogP) is 2.39. The molecule has 1 aromatic carbocycles. The Morgan fingerprint density at radius 3 is 2.54 bits per heavy atom. The predicted molar refractivity (Wildman–Crippen MR) is 53.5 cm³/mol. The fourth-order valence-corrected chi connectivity index (χ4v) is 1.71. The van der Waals surface area contributed by atoms with Crippen molar-refractivity contribution in [3.8, 4) is 0 Å². The maximum Gasteiger partial charge on any atom is 0.0583 e. The summed E-state index contributed by atoms with van der Waals surface area (Å²) in [7, 11) is 0. The minimum Gasteiger partial charge on any atom is -0.393 e. The van der Waals surface area contributed by atoms with Gasteiger partial charge < -0.3 is 5.11 Å². The SMILES string of the molecule is OC(Cc1ccccc1)CC1CC1. The van der Waals surface area contributed by atoms with Crippen LogP contribution in [0.2, 0.25) is 0 Å². The zero-order chi connectivity index (χ0) is 9.10. The third-order valence-corrected chi connectivity index (χ3v) is 2.62. The average Bonchev–Trinajstić information content (AvgIpc) is 2.90. The van der Waals surface area contributed by atoms with Crippen LogP contribution in [0.1, 0.15) is 24.8 Å². The molecule has 0 radical (unpaired) electrons. The van der Waals surface area contributed by atoms with Crippen molar-refractivity contribution in [1.29, 1.82) is 0 Å². The molecule has 1 nitrogen and oxygen atoms in total. The van der Waals surface area contributed by atoms with Gasteiger partial charge in [0.25, 0.3) is 0 Å². The van der Waals surface area contributed by atoms with Gasteiger partial charge in [0.1, 0.15) is 0 Å². The highest BCUT2D eigenvalue weighted by Gasteiger charge is 2.24. The largest absolute Gasteiger partial charge is 0.393 e. The lowest BCUT2D eigenvalue weighted by Gasteiger charge is -2.09. The molecule has 1 heteroatoms. The van der Waals surface area contributed by atoms with E-state index in [9.17, 15) is 5.11 Å². The van der Waals surface area contributed by atoms with Crippen molar-refractivity contribution in [2.45, 2.75) is 31.8 Å².